The van der Waals surface area contributed by atoms with Crippen LogP contribution in [0.15, 0.2) is 82.2 Å². The second-order valence-electron chi connectivity index (χ2n) is 22.8. The van der Waals surface area contributed by atoms with Gasteiger partial charge in [-0.2, -0.15) is 0 Å². The van der Waals surface area contributed by atoms with E-state index in [1.165, 1.54) is 29.2 Å². The number of allylic oxidation sites excluding steroid dienone is 4. The molecule has 0 unspecified atom stereocenters. The zero-order valence-electron chi connectivity index (χ0n) is 45.0. The number of methoxy groups -OCH3 is 1. The van der Waals surface area contributed by atoms with Crippen molar-refractivity contribution >= 4 is 46.2 Å². The van der Waals surface area contributed by atoms with Crippen LogP contribution in [0.4, 0.5) is 10.5 Å². The molecule has 0 radical (unpaired) electrons. The fourth-order valence-corrected chi connectivity index (χ4v) is 14.8. The number of ether oxygens (including phenoxy) is 4. The fraction of sp³-hybridized carbons (Fsp3) is 0.525. The Morgan fingerprint density at radius 3 is 2.41 bits per heavy atom. The molecule has 15 nitrogen and oxygen atoms in total. The Hall–Kier alpha value is -6.61. The summed E-state index contributed by atoms with van der Waals surface area (Å²) in [4.78, 5) is 91.8. The van der Waals surface area contributed by atoms with Crippen molar-refractivity contribution in [2.45, 2.75) is 135 Å². The third kappa shape index (κ3) is 8.64. The molecule has 2 aromatic carbocycles. The Morgan fingerprint density at radius 2 is 1.67 bits per heavy atom. The maximum atomic E-state index is 14.1. The number of hydrogen-bond donors (Lipinski definition) is 0. The van der Waals surface area contributed by atoms with Crippen LogP contribution in [-0.4, -0.2) is 108 Å². The molecule has 4 aromatic rings. The minimum absolute atomic E-state index is 0.0520. The number of carbonyl (C=O) groups excluding carboxylic acids is 5. The van der Waals surface area contributed by atoms with Crippen LogP contribution in [0, 0.1) is 17.3 Å². The molecule has 0 N–H and O–H groups in total. The number of cyclic esters (lactones) is 1. The number of ketones is 2. The summed E-state index contributed by atoms with van der Waals surface area (Å²) in [6.45, 7) is 11.2. The van der Waals surface area contributed by atoms with E-state index < -0.39 is 34.6 Å². The number of aromatic nitrogens is 2. The Morgan fingerprint density at radius 1 is 0.895 bits per heavy atom. The molecular formula is C61H71N5O10. The summed E-state index contributed by atoms with van der Waals surface area (Å²) in [6.07, 6.45) is 10.8. The van der Waals surface area contributed by atoms with Crippen LogP contribution in [-0.2, 0) is 52.1 Å². The van der Waals surface area contributed by atoms with Gasteiger partial charge in [0.05, 0.1) is 36.1 Å². The van der Waals surface area contributed by atoms with E-state index in [0.29, 0.717) is 80.3 Å². The van der Waals surface area contributed by atoms with Crippen molar-refractivity contribution in [3.05, 3.63) is 110 Å². The van der Waals surface area contributed by atoms with Gasteiger partial charge in [0.2, 0.25) is 5.60 Å². The normalized spacial score (nSPS) is 26.6. The van der Waals surface area contributed by atoms with Gasteiger partial charge >= 0.3 is 18.0 Å². The van der Waals surface area contributed by atoms with E-state index in [0.717, 1.165) is 86.6 Å². The predicted molar refractivity (Wildman–Crippen MR) is 287 cm³/mol. The van der Waals surface area contributed by atoms with Gasteiger partial charge in [0.1, 0.15) is 12.4 Å². The van der Waals surface area contributed by atoms with Crippen molar-refractivity contribution in [2.75, 3.05) is 58.3 Å². The van der Waals surface area contributed by atoms with E-state index in [2.05, 4.69) is 48.0 Å². The van der Waals surface area contributed by atoms with Crippen molar-refractivity contribution in [3.63, 3.8) is 0 Å². The van der Waals surface area contributed by atoms with Crippen molar-refractivity contribution in [3.8, 4) is 17.1 Å². The van der Waals surface area contributed by atoms with Gasteiger partial charge in [0.15, 0.2) is 17.2 Å². The van der Waals surface area contributed by atoms with Crippen LogP contribution >= 0.6 is 0 Å². The molecule has 7 aliphatic rings. The highest BCUT2D eigenvalue weighted by atomic mass is 16.6. The van der Waals surface area contributed by atoms with Crippen molar-refractivity contribution in [1.29, 1.82) is 0 Å². The summed E-state index contributed by atoms with van der Waals surface area (Å²) in [6, 6.07) is 18.4. The number of amides is 1. The van der Waals surface area contributed by atoms with Gasteiger partial charge in [-0.3, -0.25) is 24.1 Å². The van der Waals surface area contributed by atoms with Gasteiger partial charge in [-0.15, -0.1) is 0 Å². The first kappa shape index (κ1) is 51.5. The molecular weight excluding hydrogens is 963 g/mol. The van der Waals surface area contributed by atoms with E-state index in [4.69, 9.17) is 23.9 Å². The highest BCUT2D eigenvalue weighted by molar-refractivity contribution is 5.93. The number of esters is 2. The number of carbonyl (C=O) groups is 5. The summed E-state index contributed by atoms with van der Waals surface area (Å²) in [5.74, 6) is 0.310. The van der Waals surface area contributed by atoms with Crippen molar-refractivity contribution in [2.24, 2.45) is 17.3 Å². The molecule has 1 saturated heterocycles. The molecule has 15 heteroatoms. The maximum Gasteiger partial charge on any atom is 0.411 e. The third-order valence-corrected chi connectivity index (χ3v) is 18.8. The number of unbranched alkanes of at least 4 members (excludes halogenated alkanes) is 3. The summed E-state index contributed by atoms with van der Waals surface area (Å²) >= 11 is 0. The quantitative estimate of drug-likeness (QED) is 0.0587. The first-order chi connectivity index (χ1) is 36.6. The molecule has 3 fully saturated rings. The van der Waals surface area contributed by atoms with Crippen molar-refractivity contribution < 1.29 is 42.9 Å². The molecule has 5 heterocycles. The average molecular weight is 1030 g/mol. The molecule has 1 amide bonds. The summed E-state index contributed by atoms with van der Waals surface area (Å²) < 4.78 is 25.0. The standard InChI is InChI=1S/C61H71N5O10/c1-7-60(51-33-53-55-42(30-41-32-45(73-6)18-21-52(41)62-55)35-66(53)56(70)49(51)36-74-57(60)71)76-58(72)65-28-26-64(27-29-65)25-11-9-8-10-24-63(5)43-15-12-39(13-16-43)48-34-59(4)50(22-23-61(59,37(2)67)75-38(3)68)47-19-14-40-31-44(69)17-20-46(40)54(47)48/h12-13,15-16,18,21,30-33,47-48,50H,7-11,14,17,19-20,22-29,34-36H2,1-6H3/t47-,48+,50-,59-,60-,61-/m0/s1. The van der Waals surface area contributed by atoms with E-state index in [9.17, 15) is 28.8 Å². The first-order valence-electron chi connectivity index (χ1n) is 27.7. The lowest BCUT2D eigenvalue weighted by Gasteiger charge is -2.55. The van der Waals surface area contributed by atoms with Crippen LogP contribution in [0.5, 0.6) is 5.75 Å². The Bertz CT molecular complexity index is 3170. The zero-order valence-corrected chi connectivity index (χ0v) is 45.0. The molecule has 11 rings (SSSR count). The summed E-state index contributed by atoms with van der Waals surface area (Å²) in [5.41, 5.74) is 6.17. The summed E-state index contributed by atoms with van der Waals surface area (Å²) in [7, 11) is 3.76. The molecule has 2 aromatic heterocycles. The Labute approximate surface area is 444 Å². The van der Waals surface area contributed by atoms with Crippen molar-refractivity contribution in [1.82, 2.24) is 19.4 Å². The number of Topliss-reactive ketones (excluding diaryl/α,β-unsaturated/α-hetero) is 1. The largest absolute Gasteiger partial charge is 0.497 e. The lowest BCUT2D eigenvalue weighted by molar-refractivity contribution is -0.182. The number of nitrogens with zero attached hydrogens (tertiary/aromatic N) is 5. The van der Waals surface area contributed by atoms with Crippen LogP contribution in [0.3, 0.4) is 0 Å². The van der Waals surface area contributed by atoms with Gasteiger partial charge in [-0.05, 0) is 148 Å². The number of rotatable bonds is 14. The van der Waals surface area contributed by atoms with E-state index in [1.807, 2.05) is 30.3 Å². The molecule has 400 valence electrons. The smallest absolute Gasteiger partial charge is 0.411 e. The zero-order chi connectivity index (χ0) is 53.3. The Balaban J connectivity index is 0.679. The predicted octanol–water partition coefficient (Wildman–Crippen LogP) is 9.34. The van der Waals surface area contributed by atoms with E-state index in [1.54, 1.807) is 36.5 Å². The highest BCUT2D eigenvalue weighted by Crippen LogP contribution is 2.68. The SMILES string of the molecule is CC[C@@]1(OC(=O)N2CCN(CCCCCCN(C)c3ccc([C@H]4C[C@@]5(C)[C@@H](CC[C@]5(OC(C)=O)C(C)=O)[C@@H]5CCC6=CC(=O)CCC6=C54)cc3)CC2)C(=O)OCc2c1cc1n(c2=O)Cc2cc3cc(OC)ccc3nc2-1. The van der Waals surface area contributed by atoms with Gasteiger partial charge in [-0.25, -0.2) is 14.6 Å². The summed E-state index contributed by atoms with van der Waals surface area (Å²) in [5, 5.41) is 0.894. The third-order valence-electron chi connectivity index (χ3n) is 18.8. The minimum Gasteiger partial charge on any atom is -0.497 e. The van der Waals surface area contributed by atoms with Crippen LogP contribution in [0.25, 0.3) is 22.3 Å². The number of hydrogen-bond acceptors (Lipinski definition) is 13. The molecule has 3 aliphatic heterocycles. The number of anilines is 1. The number of pyridine rings is 2. The molecule has 76 heavy (non-hydrogen) atoms. The molecule has 6 atom stereocenters. The molecule has 2 saturated carbocycles. The second kappa shape index (κ2) is 20.1. The van der Waals surface area contributed by atoms with Crippen LogP contribution < -0.4 is 15.2 Å². The monoisotopic (exact) mass is 1030 g/mol. The lowest BCUT2D eigenvalue weighted by atomic mass is 9.50. The van der Waals surface area contributed by atoms with Crippen LogP contribution in [0.2, 0.25) is 0 Å². The number of piperazine rings is 1. The van der Waals surface area contributed by atoms with Gasteiger partial charge in [-0.1, -0.05) is 44.4 Å². The lowest BCUT2D eigenvalue weighted by Crippen LogP contribution is -2.57. The Kier molecular flexibility index (Phi) is 13.6. The average Bonchev–Trinajstić information content (AvgIpc) is 4.00. The molecule has 0 spiro atoms. The maximum absolute atomic E-state index is 14.1. The van der Waals surface area contributed by atoms with Gasteiger partial charge in [0, 0.05) is 86.6 Å². The van der Waals surface area contributed by atoms with Crippen LogP contribution in [0.1, 0.15) is 133 Å². The van der Waals surface area contributed by atoms with E-state index >= 15 is 0 Å². The fourth-order valence-electron chi connectivity index (χ4n) is 14.8. The minimum atomic E-state index is -1.77. The number of fused-ring (bicyclic) bond motifs is 9. The highest BCUT2D eigenvalue weighted by Gasteiger charge is 2.67. The van der Waals surface area contributed by atoms with Gasteiger partial charge < -0.3 is 33.3 Å². The number of benzene rings is 2. The molecule has 4 aliphatic carbocycles. The topological polar surface area (TPSA) is 167 Å². The molecule has 0 bridgehead atoms. The van der Waals surface area contributed by atoms with Gasteiger partial charge in [0.25, 0.3) is 5.56 Å². The van der Waals surface area contributed by atoms with E-state index in [-0.39, 0.29) is 47.9 Å². The second-order valence-corrected chi connectivity index (χ2v) is 22.8. The first-order valence-corrected chi connectivity index (χ1v) is 27.7.